The molecule has 1 heterocycles. The van der Waals surface area contributed by atoms with Crippen molar-refractivity contribution in [1.82, 2.24) is 4.90 Å². The van der Waals surface area contributed by atoms with Crippen LogP contribution >= 0.6 is 0 Å². The van der Waals surface area contributed by atoms with E-state index in [4.69, 9.17) is 4.74 Å². The van der Waals surface area contributed by atoms with Crippen LogP contribution in [0.3, 0.4) is 0 Å². The number of carbonyl (C=O) groups excluding carboxylic acids is 1. The van der Waals surface area contributed by atoms with E-state index in [2.05, 4.69) is 6.92 Å². The van der Waals surface area contributed by atoms with Gasteiger partial charge in [0.2, 0.25) is 5.91 Å². The summed E-state index contributed by atoms with van der Waals surface area (Å²) in [6.07, 6.45) is 4.66. The van der Waals surface area contributed by atoms with Crippen molar-refractivity contribution in [2.45, 2.75) is 39.0 Å². The average Bonchev–Trinajstić information content (AvgIpc) is 2.52. The van der Waals surface area contributed by atoms with E-state index in [1.807, 2.05) is 4.90 Å². The Hall–Kier alpha value is -1.58. The molecule has 0 aliphatic carbocycles. The van der Waals surface area contributed by atoms with Gasteiger partial charge in [-0.15, -0.1) is 0 Å². The number of benzene rings is 1. The number of halogens is 1. The minimum Gasteiger partial charge on any atom is -0.490 e. The number of hydrogen-bond acceptors (Lipinski definition) is 2. The zero-order valence-electron chi connectivity index (χ0n) is 12.7. The number of unbranched alkanes of at least 4 members (excludes halogenated alkanes) is 1. The molecule has 1 fully saturated rings. The van der Waals surface area contributed by atoms with E-state index in [-0.39, 0.29) is 11.7 Å². The van der Waals surface area contributed by atoms with Gasteiger partial charge in [-0.2, -0.15) is 0 Å². The molecule has 3 nitrogen and oxygen atoms in total. The molecule has 0 saturated carbocycles. The molecule has 1 saturated heterocycles. The minimum absolute atomic E-state index is 0.243. The third kappa shape index (κ3) is 4.73. The zero-order chi connectivity index (χ0) is 15.1. The molecule has 1 unspecified atom stereocenters. The molecule has 0 aromatic heterocycles. The number of para-hydroxylation sites is 1. The number of rotatable bonds is 6. The van der Waals surface area contributed by atoms with Crippen molar-refractivity contribution in [1.29, 1.82) is 0 Å². The highest BCUT2D eigenvalue weighted by Crippen LogP contribution is 2.21. The van der Waals surface area contributed by atoms with Gasteiger partial charge in [0.1, 0.15) is 0 Å². The summed E-state index contributed by atoms with van der Waals surface area (Å²) in [5.41, 5.74) is 0. The summed E-state index contributed by atoms with van der Waals surface area (Å²) in [7, 11) is 0. The fourth-order valence-electron chi connectivity index (χ4n) is 2.68. The molecule has 1 atom stereocenters. The van der Waals surface area contributed by atoms with Crippen LogP contribution in [-0.2, 0) is 4.79 Å². The third-order valence-corrected chi connectivity index (χ3v) is 3.93. The molecule has 0 N–H and O–H groups in total. The molecule has 1 aliphatic rings. The Morgan fingerprint density at radius 1 is 1.43 bits per heavy atom. The van der Waals surface area contributed by atoms with Gasteiger partial charge in [-0.25, -0.2) is 4.39 Å². The lowest BCUT2D eigenvalue weighted by Gasteiger charge is -2.32. The molecule has 2 rings (SSSR count). The van der Waals surface area contributed by atoms with Crippen LogP contribution in [0, 0.1) is 11.7 Å². The van der Waals surface area contributed by atoms with Crippen molar-refractivity contribution < 1.29 is 13.9 Å². The van der Waals surface area contributed by atoms with E-state index < -0.39 is 0 Å². The molecule has 4 heteroatoms. The van der Waals surface area contributed by atoms with Gasteiger partial charge in [0.25, 0.3) is 0 Å². The van der Waals surface area contributed by atoms with Crippen LogP contribution in [-0.4, -0.2) is 30.5 Å². The molecule has 1 aromatic rings. The van der Waals surface area contributed by atoms with Gasteiger partial charge in [0.05, 0.1) is 6.61 Å². The zero-order valence-corrected chi connectivity index (χ0v) is 12.7. The Morgan fingerprint density at radius 2 is 2.24 bits per heavy atom. The van der Waals surface area contributed by atoms with Crippen LogP contribution < -0.4 is 4.74 Å². The molecule has 1 aromatic carbocycles. The molecule has 1 aliphatic heterocycles. The van der Waals surface area contributed by atoms with Gasteiger partial charge in [0.15, 0.2) is 11.6 Å². The molecular formula is C17H24FNO2. The molecule has 21 heavy (non-hydrogen) atoms. The lowest BCUT2D eigenvalue weighted by atomic mass is 9.98. The van der Waals surface area contributed by atoms with E-state index in [9.17, 15) is 9.18 Å². The van der Waals surface area contributed by atoms with Gasteiger partial charge in [-0.3, -0.25) is 4.79 Å². The highest BCUT2D eigenvalue weighted by Gasteiger charge is 2.23. The summed E-state index contributed by atoms with van der Waals surface area (Å²) >= 11 is 0. The molecule has 0 spiro atoms. The lowest BCUT2D eigenvalue weighted by molar-refractivity contribution is -0.133. The van der Waals surface area contributed by atoms with Crippen LogP contribution in [0.2, 0.25) is 0 Å². The standard InChI is InChI=1S/C17H24FNO2/c1-2-3-10-17(20)19-11-6-7-14(12-19)13-21-16-9-5-4-8-15(16)18/h4-5,8-9,14H,2-3,6-7,10-13H2,1H3. The van der Waals surface area contributed by atoms with Gasteiger partial charge in [-0.05, 0) is 31.4 Å². The molecular weight excluding hydrogens is 269 g/mol. The first-order chi connectivity index (χ1) is 10.2. The highest BCUT2D eigenvalue weighted by molar-refractivity contribution is 5.76. The number of nitrogens with zero attached hydrogens (tertiary/aromatic N) is 1. The number of carbonyl (C=O) groups is 1. The second-order valence-corrected chi connectivity index (χ2v) is 5.69. The normalized spacial score (nSPS) is 18.6. The Kier molecular flexibility index (Phi) is 6.03. The molecule has 0 bridgehead atoms. The van der Waals surface area contributed by atoms with Crippen LogP contribution in [0.1, 0.15) is 39.0 Å². The number of ether oxygens (including phenoxy) is 1. The summed E-state index contributed by atoms with van der Waals surface area (Å²) in [5, 5.41) is 0. The first kappa shape index (κ1) is 15.8. The SMILES string of the molecule is CCCCC(=O)N1CCCC(COc2ccccc2F)C1. The smallest absolute Gasteiger partial charge is 0.222 e. The van der Waals surface area contributed by atoms with E-state index in [1.165, 1.54) is 6.07 Å². The number of likely N-dealkylation sites (tertiary alicyclic amines) is 1. The highest BCUT2D eigenvalue weighted by atomic mass is 19.1. The maximum Gasteiger partial charge on any atom is 0.222 e. The summed E-state index contributed by atoms with van der Waals surface area (Å²) in [5.74, 6) is 0.507. The van der Waals surface area contributed by atoms with Gasteiger partial charge < -0.3 is 9.64 Å². The summed E-state index contributed by atoms with van der Waals surface area (Å²) in [4.78, 5) is 14.0. The minimum atomic E-state index is -0.329. The quantitative estimate of drug-likeness (QED) is 0.801. The maximum absolute atomic E-state index is 13.5. The summed E-state index contributed by atoms with van der Waals surface area (Å²) in [6.45, 7) is 4.14. The molecule has 1 amide bonds. The summed E-state index contributed by atoms with van der Waals surface area (Å²) in [6, 6.07) is 6.45. The first-order valence-electron chi connectivity index (χ1n) is 7.85. The van der Waals surface area contributed by atoms with Crippen molar-refractivity contribution in [2.24, 2.45) is 5.92 Å². The predicted molar refractivity (Wildman–Crippen MR) is 80.7 cm³/mol. The number of amides is 1. The van der Waals surface area contributed by atoms with Crippen molar-refractivity contribution in [3.63, 3.8) is 0 Å². The van der Waals surface area contributed by atoms with E-state index in [0.29, 0.717) is 24.7 Å². The Balaban J connectivity index is 1.81. The number of piperidine rings is 1. The Labute approximate surface area is 126 Å². The van der Waals surface area contributed by atoms with Gasteiger partial charge >= 0.3 is 0 Å². The van der Waals surface area contributed by atoms with Crippen molar-refractivity contribution in [3.05, 3.63) is 30.1 Å². The predicted octanol–water partition coefficient (Wildman–Crippen LogP) is 3.63. The Bertz CT molecular complexity index is 464. The molecule has 116 valence electrons. The maximum atomic E-state index is 13.5. The lowest BCUT2D eigenvalue weighted by Crippen LogP contribution is -2.41. The fourth-order valence-corrected chi connectivity index (χ4v) is 2.68. The van der Waals surface area contributed by atoms with E-state index in [1.54, 1.807) is 18.2 Å². The largest absolute Gasteiger partial charge is 0.490 e. The van der Waals surface area contributed by atoms with Crippen molar-refractivity contribution >= 4 is 5.91 Å². The van der Waals surface area contributed by atoms with Crippen LogP contribution in [0.4, 0.5) is 4.39 Å². The van der Waals surface area contributed by atoms with E-state index in [0.717, 1.165) is 38.8 Å². The van der Waals surface area contributed by atoms with Gasteiger partial charge in [-0.1, -0.05) is 25.5 Å². The van der Waals surface area contributed by atoms with Gasteiger partial charge in [0, 0.05) is 25.4 Å². The monoisotopic (exact) mass is 293 g/mol. The number of hydrogen-bond donors (Lipinski definition) is 0. The second-order valence-electron chi connectivity index (χ2n) is 5.69. The van der Waals surface area contributed by atoms with E-state index >= 15 is 0 Å². The average molecular weight is 293 g/mol. The molecule has 0 radical (unpaired) electrons. The fraction of sp³-hybridized carbons (Fsp3) is 0.588. The summed E-state index contributed by atoms with van der Waals surface area (Å²) < 4.78 is 19.1. The second kappa shape index (κ2) is 8.01. The van der Waals surface area contributed by atoms with Crippen molar-refractivity contribution in [2.75, 3.05) is 19.7 Å². The van der Waals surface area contributed by atoms with Crippen LogP contribution in [0.25, 0.3) is 0 Å². The Morgan fingerprint density at radius 3 is 3.00 bits per heavy atom. The third-order valence-electron chi connectivity index (χ3n) is 3.93. The topological polar surface area (TPSA) is 29.5 Å². The van der Waals surface area contributed by atoms with Crippen molar-refractivity contribution in [3.8, 4) is 5.75 Å². The first-order valence-corrected chi connectivity index (χ1v) is 7.85. The van der Waals surface area contributed by atoms with Crippen LogP contribution in [0.15, 0.2) is 24.3 Å². The van der Waals surface area contributed by atoms with Crippen LogP contribution in [0.5, 0.6) is 5.75 Å².